The molecule has 4 aromatic rings. The zero-order valence-electron chi connectivity index (χ0n) is 18.9. The highest BCUT2D eigenvalue weighted by atomic mass is 16.6. The first-order valence-corrected chi connectivity index (χ1v) is 11.7. The second kappa shape index (κ2) is 8.61. The maximum atomic E-state index is 5.48. The van der Waals surface area contributed by atoms with E-state index >= 15 is 0 Å². The normalized spacial score (nSPS) is 17.4. The first-order chi connectivity index (χ1) is 16.2. The lowest BCUT2D eigenvalue weighted by atomic mass is 9.94. The van der Waals surface area contributed by atoms with Gasteiger partial charge in [-0.05, 0) is 63.3 Å². The quantitative estimate of drug-likeness (QED) is 0.451. The standard InChI is InChI=1S/C27H28N4O2/c1-19-5-2-3-8-24(19)22-7-4-6-21(13-22)23-14-25-27(29-33-28-25)26(15-23)31-17-20(18-31)16-30-9-11-32-12-10-30/h2-8,13-15,20H,9-12,16-18H2,1H3. The number of rotatable bonds is 5. The molecule has 0 amide bonds. The van der Waals surface area contributed by atoms with Gasteiger partial charge in [0.15, 0.2) is 5.52 Å². The third-order valence-electron chi connectivity index (χ3n) is 6.91. The summed E-state index contributed by atoms with van der Waals surface area (Å²) in [5.74, 6) is 0.672. The highest BCUT2D eigenvalue weighted by molar-refractivity contribution is 5.93. The predicted molar refractivity (Wildman–Crippen MR) is 130 cm³/mol. The van der Waals surface area contributed by atoms with E-state index in [2.05, 4.69) is 87.7 Å². The molecule has 1 aromatic heterocycles. The summed E-state index contributed by atoms with van der Waals surface area (Å²) in [4.78, 5) is 4.93. The highest BCUT2D eigenvalue weighted by Gasteiger charge is 2.31. The smallest absolute Gasteiger partial charge is 0.158 e. The van der Waals surface area contributed by atoms with Crippen LogP contribution in [-0.2, 0) is 4.74 Å². The molecule has 6 heteroatoms. The second-order valence-electron chi connectivity index (χ2n) is 9.21. The largest absolute Gasteiger partial charge is 0.379 e. The zero-order valence-corrected chi connectivity index (χ0v) is 18.9. The second-order valence-corrected chi connectivity index (χ2v) is 9.21. The number of aromatic nitrogens is 2. The maximum Gasteiger partial charge on any atom is 0.158 e. The van der Waals surface area contributed by atoms with Gasteiger partial charge in [0.2, 0.25) is 0 Å². The van der Waals surface area contributed by atoms with Crippen LogP contribution < -0.4 is 4.90 Å². The van der Waals surface area contributed by atoms with Crippen LogP contribution in [0.1, 0.15) is 5.56 Å². The van der Waals surface area contributed by atoms with Crippen LogP contribution >= 0.6 is 0 Å². The van der Waals surface area contributed by atoms with E-state index in [0.717, 1.165) is 68.2 Å². The van der Waals surface area contributed by atoms with Crippen LogP contribution in [-0.4, -0.2) is 61.2 Å². The van der Waals surface area contributed by atoms with E-state index < -0.39 is 0 Å². The lowest BCUT2D eigenvalue weighted by Gasteiger charge is -2.43. The van der Waals surface area contributed by atoms with Gasteiger partial charge < -0.3 is 9.64 Å². The summed E-state index contributed by atoms with van der Waals surface area (Å²) in [5.41, 5.74) is 8.84. The van der Waals surface area contributed by atoms with Crippen molar-refractivity contribution in [2.45, 2.75) is 6.92 Å². The third kappa shape index (κ3) is 4.01. The van der Waals surface area contributed by atoms with E-state index in [0.29, 0.717) is 5.92 Å². The van der Waals surface area contributed by atoms with Gasteiger partial charge in [0.05, 0.1) is 18.9 Å². The molecule has 33 heavy (non-hydrogen) atoms. The van der Waals surface area contributed by atoms with Gasteiger partial charge in [0.25, 0.3) is 0 Å². The summed E-state index contributed by atoms with van der Waals surface area (Å²) < 4.78 is 10.6. The van der Waals surface area contributed by atoms with Crippen molar-refractivity contribution in [3.63, 3.8) is 0 Å². The van der Waals surface area contributed by atoms with Crippen molar-refractivity contribution in [3.05, 3.63) is 66.2 Å². The number of hydrogen-bond acceptors (Lipinski definition) is 6. The average Bonchev–Trinajstić information content (AvgIpc) is 3.31. The minimum absolute atomic E-state index is 0.672. The van der Waals surface area contributed by atoms with Crippen LogP contribution in [0.5, 0.6) is 0 Å². The molecule has 6 nitrogen and oxygen atoms in total. The van der Waals surface area contributed by atoms with Gasteiger partial charge in [-0.1, -0.05) is 42.5 Å². The monoisotopic (exact) mass is 440 g/mol. The maximum absolute atomic E-state index is 5.48. The Labute approximate surface area is 193 Å². The Hall–Kier alpha value is -3.22. The molecule has 0 unspecified atom stereocenters. The van der Waals surface area contributed by atoms with Crippen molar-refractivity contribution in [2.24, 2.45) is 5.92 Å². The van der Waals surface area contributed by atoms with Gasteiger partial charge >= 0.3 is 0 Å². The molecule has 3 heterocycles. The Kier molecular flexibility index (Phi) is 5.32. The third-order valence-corrected chi connectivity index (χ3v) is 6.91. The first kappa shape index (κ1) is 20.4. The molecule has 2 saturated heterocycles. The molecule has 0 radical (unpaired) electrons. The molecule has 0 saturated carbocycles. The molecule has 0 spiro atoms. The molecule has 6 rings (SSSR count). The molecule has 2 fully saturated rings. The Morgan fingerprint density at radius 1 is 0.879 bits per heavy atom. The number of ether oxygens (including phenoxy) is 1. The molecule has 0 aliphatic carbocycles. The van der Waals surface area contributed by atoms with Gasteiger partial charge in [-0.3, -0.25) is 4.90 Å². The molecule has 0 N–H and O–H groups in total. The van der Waals surface area contributed by atoms with Gasteiger partial charge in [-0.25, -0.2) is 4.63 Å². The summed E-state index contributed by atoms with van der Waals surface area (Å²) in [6, 6.07) is 21.6. The molecule has 168 valence electrons. The Morgan fingerprint density at radius 2 is 1.70 bits per heavy atom. The predicted octanol–water partition coefficient (Wildman–Crippen LogP) is 4.63. The van der Waals surface area contributed by atoms with E-state index in [1.807, 2.05) is 0 Å². The minimum Gasteiger partial charge on any atom is -0.379 e. The molecular formula is C27H28N4O2. The van der Waals surface area contributed by atoms with Gasteiger partial charge in [0, 0.05) is 38.6 Å². The number of benzene rings is 3. The molecule has 2 aliphatic rings. The topological polar surface area (TPSA) is 54.6 Å². The average molecular weight is 441 g/mol. The highest BCUT2D eigenvalue weighted by Crippen LogP contribution is 2.36. The van der Waals surface area contributed by atoms with Crippen molar-refractivity contribution in [1.82, 2.24) is 15.2 Å². The van der Waals surface area contributed by atoms with Crippen LogP contribution in [0.4, 0.5) is 5.69 Å². The summed E-state index contributed by atoms with van der Waals surface area (Å²) in [7, 11) is 0. The summed E-state index contributed by atoms with van der Waals surface area (Å²) >= 11 is 0. The summed E-state index contributed by atoms with van der Waals surface area (Å²) in [5, 5.41) is 8.40. The Balaban J connectivity index is 1.28. The Bertz CT molecular complexity index is 1270. The fraction of sp³-hybridized carbons (Fsp3) is 0.333. The van der Waals surface area contributed by atoms with Crippen molar-refractivity contribution in [3.8, 4) is 22.3 Å². The van der Waals surface area contributed by atoms with E-state index in [1.54, 1.807) is 0 Å². The minimum atomic E-state index is 0.672. The Morgan fingerprint density at radius 3 is 2.55 bits per heavy atom. The van der Waals surface area contributed by atoms with Crippen molar-refractivity contribution < 1.29 is 9.37 Å². The van der Waals surface area contributed by atoms with Gasteiger partial charge in [-0.2, -0.15) is 0 Å². The molecule has 2 aliphatic heterocycles. The number of aryl methyl sites for hydroxylation is 1. The molecule has 0 atom stereocenters. The molecular weight excluding hydrogens is 412 g/mol. The van der Waals surface area contributed by atoms with Crippen molar-refractivity contribution in [1.29, 1.82) is 0 Å². The SMILES string of the molecule is Cc1ccccc1-c1cccc(-c2cc(N3CC(CN4CCOCC4)C3)c3nonc3c2)c1. The number of anilines is 1. The summed E-state index contributed by atoms with van der Waals surface area (Å²) in [6.07, 6.45) is 0. The number of nitrogens with zero attached hydrogens (tertiary/aromatic N) is 4. The van der Waals surface area contributed by atoms with Crippen LogP contribution in [0.3, 0.4) is 0 Å². The first-order valence-electron chi connectivity index (χ1n) is 11.7. The lowest BCUT2D eigenvalue weighted by Crippen LogP contribution is -2.53. The van der Waals surface area contributed by atoms with Crippen molar-refractivity contribution >= 4 is 16.7 Å². The lowest BCUT2D eigenvalue weighted by molar-refractivity contribution is 0.0286. The van der Waals surface area contributed by atoms with E-state index in [1.165, 1.54) is 22.3 Å². The number of morpholine rings is 1. The zero-order chi connectivity index (χ0) is 22.2. The van der Waals surface area contributed by atoms with Gasteiger partial charge in [0.1, 0.15) is 5.52 Å². The fourth-order valence-corrected chi connectivity index (χ4v) is 5.07. The van der Waals surface area contributed by atoms with Gasteiger partial charge in [-0.15, -0.1) is 0 Å². The molecule has 3 aromatic carbocycles. The van der Waals surface area contributed by atoms with Crippen LogP contribution in [0, 0.1) is 12.8 Å². The number of fused-ring (bicyclic) bond motifs is 1. The van der Waals surface area contributed by atoms with Crippen molar-refractivity contribution in [2.75, 3.05) is 50.8 Å². The van der Waals surface area contributed by atoms with E-state index in [-0.39, 0.29) is 0 Å². The molecule has 0 bridgehead atoms. The van der Waals surface area contributed by atoms with E-state index in [9.17, 15) is 0 Å². The number of hydrogen-bond donors (Lipinski definition) is 0. The fourth-order valence-electron chi connectivity index (χ4n) is 5.07. The summed E-state index contributed by atoms with van der Waals surface area (Å²) in [6.45, 7) is 9.15. The van der Waals surface area contributed by atoms with E-state index in [4.69, 9.17) is 9.37 Å². The van der Waals surface area contributed by atoms with Crippen LogP contribution in [0.2, 0.25) is 0 Å². The van der Waals surface area contributed by atoms with Crippen LogP contribution in [0.15, 0.2) is 65.3 Å². The van der Waals surface area contributed by atoms with Crippen LogP contribution in [0.25, 0.3) is 33.3 Å².